The maximum absolute atomic E-state index is 12.4. The van der Waals surface area contributed by atoms with Gasteiger partial charge in [-0.2, -0.15) is 0 Å². The van der Waals surface area contributed by atoms with Crippen molar-refractivity contribution in [3.05, 3.63) is 47.0 Å². The molecule has 0 fully saturated rings. The van der Waals surface area contributed by atoms with Crippen LogP contribution in [0.15, 0.2) is 36.4 Å². The van der Waals surface area contributed by atoms with Crippen molar-refractivity contribution < 1.29 is 23.8 Å². The van der Waals surface area contributed by atoms with E-state index < -0.39 is 0 Å². The van der Waals surface area contributed by atoms with Gasteiger partial charge in [-0.25, -0.2) is 0 Å². The minimum atomic E-state index is -0.284. The first kappa shape index (κ1) is 18.4. The molecule has 8 heteroatoms. The van der Waals surface area contributed by atoms with E-state index in [0.717, 1.165) is 12.0 Å². The van der Waals surface area contributed by atoms with Gasteiger partial charge in [-0.15, -0.1) is 0 Å². The van der Waals surface area contributed by atoms with Crippen LogP contribution in [0.5, 0.6) is 17.2 Å². The van der Waals surface area contributed by atoms with Crippen LogP contribution in [-0.2, 0) is 16.1 Å². The Bertz CT molecular complexity index is 917. The Morgan fingerprint density at radius 1 is 1.11 bits per heavy atom. The Morgan fingerprint density at radius 3 is 2.82 bits per heavy atom. The highest BCUT2D eigenvalue weighted by molar-refractivity contribution is 6.32. The molecule has 28 heavy (non-hydrogen) atoms. The van der Waals surface area contributed by atoms with Gasteiger partial charge in [-0.1, -0.05) is 23.7 Å². The molecule has 0 atom stereocenters. The van der Waals surface area contributed by atoms with Crippen LogP contribution in [0.4, 0.5) is 5.69 Å². The summed E-state index contributed by atoms with van der Waals surface area (Å²) in [6.07, 6.45) is 0.784. The molecule has 0 aliphatic carbocycles. The molecule has 2 aromatic rings. The fourth-order valence-corrected chi connectivity index (χ4v) is 3.40. The highest BCUT2D eigenvalue weighted by Crippen LogP contribution is 2.38. The minimum Gasteiger partial charge on any atom is -0.489 e. The highest BCUT2D eigenvalue weighted by atomic mass is 35.5. The van der Waals surface area contributed by atoms with E-state index >= 15 is 0 Å². The number of carbonyl (C=O) groups excluding carboxylic acids is 2. The monoisotopic (exact) mass is 402 g/mol. The number of halogens is 1. The molecule has 0 saturated heterocycles. The number of nitrogens with zero attached hydrogens (tertiary/aromatic N) is 1. The van der Waals surface area contributed by atoms with Crippen LogP contribution in [0.25, 0.3) is 0 Å². The van der Waals surface area contributed by atoms with Crippen LogP contribution >= 0.6 is 11.6 Å². The number of benzene rings is 2. The number of ether oxygens (including phenoxy) is 3. The third kappa shape index (κ3) is 3.84. The lowest BCUT2D eigenvalue weighted by molar-refractivity contribution is -0.125. The number of amides is 2. The van der Waals surface area contributed by atoms with Gasteiger partial charge in [0.05, 0.1) is 23.9 Å². The first-order valence-corrected chi connectivity index (χ1v) is 9.36. The van der Waals surface area contributed by atoms with Gasteiger partial charge < -0.3 is 19.5 Å². The molecule has 2 heterocycles. The lowest BCUT2D eigenvalue weighted by Crippen LogP contribution is -2.45. The van der Waals surface area contributed by atoms with Gasteiger partial charge in [0.15, 0.2) is 18.1 Å². The molecular weight excluding hydrogens is 384 g/mol. The van der Waals surface area contributed by atoms with Crippen LogP contribution in [0.3, 0.4) is 0 Å². The SMILES string of the molecule is O=C(CN1C(=O)COc2ccccc21)NCc1cc(Cl)c2c(c1)OCCCO2. The zero-order valence-electron chi connectivity index (χ0n) is 15.1. The summed E-state index contributed by atoms with van der Waals surface area (Å²) in [5.74, 6) is 1.15. The summed E-state index contributed by atoms with van der Waals surface area (Å²) < 4.78 is 16.7. The minimum absolute atomic E-state index is 0.0813. The van der Waals surface area contributed by atoms with Crippen LogP contribution in [0, 0.1) is 0 Å². The quantitative estimate of drug-likeness (QED) is 0.850. The first-order valence-electron chi connectivity index (χ1n) is 8.99. The van der Waals surface area contributed by atoms with Crippen LogP contribution in [-0.4, -0.2) is 38.2 Å². The molecular formula is C20H19ClN2O5. The Hall–Kier alpha value is -2.93. The molecule has 0 radical (unpaired) electrons. The molecule has 0 unspecified atom stereocenters. The van der Waals surface area contributed by atoms with Gasteiger partial charge in [-0.3, -0.25) is 14.5 Å². The largest absolute Gasteiger partial charge is 0.489 e. The molecule has 2 aliphatic heterocycles. The van der Waals surface area contributed by atoms with Crippen molar-refractivity contribution in [1.29, 1.82) is 0 Å². The summed E-state index contributed by atoms with van der Waals surface area (Å²) in [6.45, 7) is 1.20. The Labute approximate surface area is 167 Å². The zero-order chi connectivity index (χ0) is 19.5. The van der Waals surface area contributed by atoms with Crippen molar-refractivity contribution in [2.45, 2.75) is 13.0 Å². The third-order valence-electron chi connectivity index (χ3n) is 4.46. The molecule has 0 saturated carbocycles. The lowest BCUT2D eigenvalue weighted by atomic mass is 10.2. The van der Waals surface area contributed by atoms with E-state index in [9.17, 15) is 9.59 Å². The van der Waals surface area contributed by atoms with Crippen molar-refractivity contribution in [3.63, 3.8) is 0 Å². The van der Waals surface area contributed by atoms with E-state index in [1.807, 2.05) is 12.1 Å². The summed E-state index contributed by atoms with van der Waals surface area (Å²) >= 11 is 6.28. The smallest absolute Gasteiger partial charge is 0.265 e. The van der Waals surface area contributed by atoms with Gasteiger partial charge in [0, 0.05) is 13.0 Å². The Kier molecular flexibility index (Phi) is 5.25. The molecule has 1 N–H and O–H groups in total. The Balaban J connectivity index is 1.42. The third-order valence-corrected chi connectivity index (χ3v) is 4.74. The van der Waals surface area contributed by atoms with E-state index in [2.05, 4.69) is 5.32 Å². The van der Waals surface area contributed by atoms with Crippen molar-refractivity contribution in [1.82, 2.24) is 5.32 Å². The first-order chi connectivity index (χ1) is 13.6. The van der Waals surface area contributed by atoms with E-state index in [1.165, 1.54) is 4.90 Å². The van der Waals surface area contributed by atoms with Gasteiger partial charge >= 0.3 is 0 Å². The Morgan fingerprint density at radius 2 is 1.93 bits per heavy atom. The zero-order valence-corrected chi connectivity index (χ0v) is 15.8. The molecule has 2 aliphatic rings. The maximum atomic E-state index is 12.4. The predicted octanol–water partition coefficient (Wildman–Crippen LogP) is 2.54. The fourth-order valence-electron chi connectivity index (χ4n) is 3.11. The second-order valence-corrected chi connectivity index (χ2v) is 6.88. The molecule has 0 bridgehead atoms. The van der Waals surface area contributed by atoms with E-state index in [1.54, 1.807) is 24.3 Å². The average molecular weight is 403 g/mol. The number of rotatable bonds is 4. The van der Waals surface area contributed by atoms with Crippen molar-refractivity contribution in [2.24, 2.45) is 0 Å². The van der Waals surface area contributed by atoms with Crippen LogP contribution < -0.4 is 24.4 Å². The molecule has 0 spiro atoms. The topological polar surface area (TPSA) is 77.1 Å². The van der Waals surface area contributed by atoms with Crippen LogP contribution in [0.1, 0.15) is 12.0 Å². The second kappa shape index (κ2) is 7.98. The van der Waals surface area contributed by atoms with Gasteiger partial charge in [-0.05, 0) is 29.8 Å². The molecule has 4 rings (SSSR count). The summed E-state index contributed by atoms with van der Waals surface area (Å²) in [4.78, 5) is 26.0. The lowest BCUT2D eigenvalue weighted by Gasteiger charge is -2.28. The summed E-state index contributed by atoms with van der Waals surface area (Å²) in [5.41, 5.74) is 1.38. The second-order valence-electron chi connectivity index (χ2n) is 6.47. The van der Waals surface area contributed by atoms with E-state index in [0.29, 0.717) is 41.2 Å². The number of para-hydroxylation sites is 2. The van der Waals surface area contributed by atoms with Gasteiger partial charge in [0.2, 0.25) is 5.91 Å². The number of carbonyl (C=O) groups is 2. The van der Waals surface area contributed by atoms with Gasteiger partial charge in [0.1, 0.15) is 12.3 Å². The number of hydrogen-bond acceptors (Lipinski definition) is 5. The van der Waals surface area contributed by atoms with Crippen molar-refractivity contribution >= 4 is 29.1 Å². The number of fused-ring (bicyclic) bond motifs is 2. The number of hydrogen-bond donors (Lipinski definition) is 1. The van der Waals surface area contributed by atoms with Crippen LogP contribution in [0.2, 0.25) is 5.02 Å². The summed E-state index contributed by atoms with van der Waals surface area (Å²) in [5, 5.41) is 3.26. The van der Waals surface area contributed by atoms with Gasteiger partial charge in [0.25, 0.3) is 5.91 Å². The molecule has 7 nitrogen and oxygen atoms in total. The van der Waals surface area contributed by atoms with Crippen molar-refractivity contribution in [3.8, 4) is 17.2 Å². The fraction of sp³-hybridized carbons (Fsp3) is 0.300. The summed E-state index contributed by atoms with van der Waals surface area (Å²) in [6, 6.07) is 10.7. The predicted molar refractivity (Wildman–Crippen MR) is 103 cm³/mol. The number of nitrogens with one attached hydrogen (secondary N) is 1. The molecule has 146 valence electrons. The number of anilines is 1. The molecule has 0 aromatic heterocycles. The molecule has 2 aromatic carbocycles. The standard InChI is InChI=1S/C20H19ClN2O5/c21-14-8-13(9-17-20(14)27-7-3-6-26-17)10-22-18(24)11-23-15-4-1-2-5-16(15)28-12-19(23)25/h1-2,4-5,8-9H,3,6-7,10-12H2,(H,22,24). The van der Waals surface area contributed by atoms with E-state index in [4.69, 9.17) is 25.8 Å². The van der Waals surface area contributed by atoms with Crippen molar-refractivity contribution in [2.75, 3.05) is 31.3 Å². The highest BCUT2D eigenvalue weighted by Gasteiger charge is 2.27. The molecule has 2 amide bonds. The maximum Gasteiger partial charge on any atom is 0.265 e. The average Bonchev–Trinajstić information content (AvgIpc) is 2.94. The normalized spacial score (nSPS) is 15.3. The van der Waals surface area contributed by atoms with E-state index in [-0.39, 0.29) is 31.5 Å². The summed E-state index contributed by atoms with van der Waals surface area (Å²) in [7, 11) is 0.